The summed E-state index contributed by atoms with van der Waals surface area (Å²) in [7, 11) is 0. The molecular formula is C12H13N3O2S. The maximum absolute atomic E-state index is 10.7. The first-order valence-corrected chi connectivity index (χ1v) is 6.27. The predicted octanol–water partition coefficient (Wildman–Crippen LogP) is 1.28. The molecule has 94 valence electrons. The average molecular weight is 263 g/mol. The molecule has 0 saturated heterocycles. The van der Waals surface area contributed by atoms with Crippen molar-refractivity contribution in [3.05, 3.63) is 45.9 Å². The summed E-state index contributed by atoms with van der Waals surface area (Å²) in [4.78, 5) is 10.7. The second-order valence-corrected chi connectivity index (χ2v) is 4.86. The van der Waals surface area contributed by atoms with Gasteiger partial charge in [0.1, 0.15) is 16.6 Å². The third-order valence-corrected chi connectivity index (χ3v) is 3.07. The fourth-order valence-corrected chi connectivity index (χ4v) is 2.19. The molecule has 0 bridgehead atoms. The van der Waals surface area contributed by atoms with Gasteiger partial charge in [-0.25, -0.2) is 0 Å². The molecule has 2 aromatic rings. The van der Waals surface area contributed by atoms with E-state index in [4.69, 9.17) is 10.5 Å². The zero-order valence-electron chi connectivity index (χ0n) is 9.70. The monoisotopic (exact) mass is 263 g/mol. The summed E-state index contributed by atoms with van der Waals surface area (Å²) >= 11 is 1.35. The molecule has 2 rings (SSSR count). The zero-order chi connectivity index (χ0) is 12.8. The molecule has 0 atom stereocenters. The van der Waals surface area contributed by atoms with Crippen molar-refractivity contribution in [1.82, 2.24) is 10.2 Å². The van der Waals surface area contributed by atoms with Crippen LogP contribution in [0.1, 0.15) is 15.6 Å². The van der Waals surface area contributed by atoms with E-state index in [1.54, 1.807) is 0 Å². The van der Waals surface area contributed by atoms with E-state index in [1.165, 1.54) is 11.3 Å². The van der Waals surface area contributed by atoms with Gasteiger partial charge in [0, 0.05) is 0 Å². The number of nitrogens with two attached hydrogens (primary N) is 1. The first kappa shape index (κ1) is 12.7. The fourth-order valence-electron chi connectivity index (χ4n) is 1.40. The van der Waals surface area contributed by atoms with E-state index in [1.807, 2.05) is 30.3 Å². The third-order valence-electron chi connectivity index (χ3n) is 2.17. The van der Waals surface area contributed by atoms with Crippen LogP contribution >= 0.6 is 11.3 Å². The summed E-state index contributed by atoms with van der Waals surface area (Å²) < 4.78 is 5.52. The lowest BCUT2D eigenvalue weighted by Crippen LogP contribution is -2.13. The van der Waals surface area contributed by atoms with Gasteiger partial charge in [-0.1, -0.05) is 41.7 Å². The van der Waals surface area contributed by atoms with Gasteiger partial charge in [-0.2, -0.15) is 0 Å². The number of hydrogen-bond acceptors (Lipinski definition) is 5. The van der Waals surface area contributed by atoms with Crippen LogP contribution in [0, 0.1) is 0 Å². The van der Waals surface area contributed by atoms with Gasteiger partial charge < -0.3 is 10.5 Å². The normalized spacial score (nSPS) is 10.4. The minimum absolute atomic E-state index is 0.135. The lowest BCUT2D eigenvalue weighted by atomic mass is 10.2. The lowest BCUT2D eigenvalue weighted by Gasteiger charge is -2.00. The van der Waals surface area contributed by atoms with Crippen LogP contribution in [0.5, 0.6) is 0 Å². The van der Waals surface area contributed by atoms with Crippen molar-refractivity contribution in [1.29, 1.82) is 0 Å². The van der Waals surface area contributed by atoms with Gasteiger partial charge in [0.25, 0.3) is 0 Å². The molecule has 18 heavy (non-hydrogen) atoms. The van der Waals surface area contributed by atoms with E-state index in [-0.39, 0.29) is 6.42 Å². The molecule has 1 aromatic carbocycles. The molecule has 2 N–H and O–H groups in total. The van der Waals surface area contributed by atoms with Crippen LogP contribution in [0.4, 0.5) is 0 Å². The zero-order valence-corrected chi connectivity index (χ0v) is 10.5. The quantitative estimate of drug-likeness (QED) is 0.851. The van der Waals surface area contributed by atoms with Gasteiger partial charge in [0.15, 0.2) is 0 Å². The maximum Gasteiger partial charge on any atom is 0.224 e. The van der Waals surface area contributed by atoms with E-state index in [9.17, 15) is 4.79 Å². The molecule has 0 unspecified atom stereocenters. The predicted molar refractivity (Wildman–Crippen MR) is 67.7 cm³/mol. The topological polar surface area (TPSA) is 78.1 Å². The van der Waals surface area contributed by atoms with Crippen molar-refractivity contribution >= 4 is 17.2 Å². The molecule has 0 spiro atoms. The van der Waals surface area contributed by atoms with Crippen LogP contribution in [-0.4, -0.2) is 16.1 Å². The van der Waals surface area contributed by atoms with Gasteiger partial charge in [0.2, 0.25) is 5.91 Å². The number of hydrogen-bond donors (Lipinski definition) is 1. The minimum atomic E-state index is -0.400. The molecule has 5 nitrogen and oxygen atoms in total. The Labute approximate surface area is 109 Å². The molecule has 1 heterocycles. The highest BCUT2D eigenvalue weighted by atomic mass is 32.1. The minimum Gasteiger partial charge on any atom is -0.370 e. The van der Waals surface area contributed by atoms with Gasteiger partial charge in [-0.15, -0.1) is 10.2 Å². The highest BCUT2D eigenvalue weighted by Gasteiger charge is 2.06. The Morgan fingerprint density at radius 3 is 2.61 bits per heavy atom. The third kappa shape index (κ3) is 3.90. The number of primary amides is 1. The van der Waals surface area contributed by atoms with Crippen molar-refractivity contribution in [2.45, 2.75) is 19.6 Å². The number of benzene rings is 1. The Morgan fingerprint density at radius 1 is 1.17 bits per heavy atom. The molecule has 1 aromatic heterocycles. The summed E-state index contributed by atoms with van der Waals surface area (Å²) in [5.41, 5.74) is 6.19. The number of ether oxygens (including phenoxy) is 1. The molecule has 0 aliphatic rings. The van der Waals surface area contributed by atoms with Crippen LogP contribution < -0.4 is 5.73 Å². The second kappa shape index (κ2) is 6.23. The summed E-state index contributed by atoms with van der Waals surface area (Å²) in [5, 5.41) is 9.18. The van der Waals surface area contributed by atoms with Gasteiger partial charge in [-0.3, -0.25) is 4.79 Å². The van der Waals surface area contributed by atoms with E-state index in [2.05, 4.69) is 10.2 Å². The number of nitrogens with zero attached hydrogens (tertiary/aromatic N) is 2. The van der Waals surface area contributed by atoms with E-state index < -0.39 is 5.91 Å². The van der Waals surface area contributed by atoms with Crippen molar-refractivity contribution < 1.29 is 9.53 Å². The Balaban J connectivity index is 1.80. The number of carbonyl (C=O) groups is 1. The lowest BCUT2D eigenvalue weighted by molar-refractivity contribution is -0.117. The van der Waals surface area contributed by atoms with Crippen LogP contribution in [-0.2, 0) is 29.2 Å². The van der Waals surface area contributed by atoms with Gasteiger partial charge in [-0.05, 0) is 5.56 Å². The van der Waals surface area contributed by atoms with Crippen molar-refractivity contribution in [3.8, 4) is 0 Å². The Kier molecular flexibility index (Phi) is 4.38. The van der Waals surface area contributed by atoms with Gasteiger partial charge in [0.05, 0.1) is 13.0 Å². The van der Waals surface area contributed by atoms with Gasteiger partial charge >= 0.3 is 0 Å². The first-order valence-electron chi connectivity index (χ1n) is 5.45. The first-order chi connectivity index (χ1) is 8.74. The number of aromatic nitrogens is 2. The second-order valence-electron chi connectivity index (χ2n) is 3.71. The summed E-state index contributed by atoms with van der Waals surface area (Å²) in [5.74, 6) is -0.400. The molecule has 0 saturated carbocycles. The Morgan fingerprint density at radius 2 is 1.89 bits per heavy atom. The molecule has 1 amide bonds. The summed E-state index contributed by atoms with van der Waals surface area (Å²) in [6.07, 6.45) is 0.135. The molecule has 0 radical (unpaired) electrons. The van der Waals surface area contributed by atoms with E-state index in [0.717, 1.165) is 10.6 Å². The van der Waals surface area contributed by atoms with Crippen LogP contribution in [0.25, 0.3) is 0 Å². The van der Waals surface area contributed by atoms with E-state index >= 15 is 0 Å². The standard InChI is InChI=1S/C12H13N3O2S/c13-10(16)6-11-14-15-12(18-11)8-17-7-9-4-2-1-3-5-9/h1-5H,6-8H2,(H2,13,16). The molecular weight excluding hydrogens is 250 g/mol. The van der Waals surface area contributed by atoms with Crippen molar-refractivity contribution in [3.63, 3.8) is 0 Å². The Bertz CT molecular complexity index is 513. The van der Waals surface area contributed by atoms with Crippen molar-refractivity contribution in [2.75, 3.05) is 0 Å². The Hall–Kier alpha value is -1.79. The smallest absolute Gasteiger partial charge is 0.224 e. The van der Waals surface area contributed by atoms with E-state index in [0.29, 0.717) is 18.2 Å². The van der Waals surface area contributed by atoms with Crippen molar-refractivity contribution in [2.24, 2.45) is 5.73 Å². The highest BCUT2D eigenvalue weighted by molar-refractivity contribution is 7.11. The number of carbonyl (C=O) groups excluding carboxylic acids is 1. The number of rotatable bonds is 6. The summed E-state index contributed by atoms with van der Waals surface area (Å²) in [6.45, 7) is 0.927. The molecule has 0 aliphatic carbocycles. The van der Waals surface area contributed by atoms with Crippen LogP contribution in [0.3, 0.4) is 0 Å². The maximum atomic E-state index is 10.7. The molecule has 0 aliphatic heterocycles. The average Bonchev–Trinajstić information content (AvgIpc) is 2.77. The summed E-state index contributed by atoms with van der Waals surface area (Å²) in [6, 6.07) is 9.89. The largest absolute Gasteiger partial charge is 0.370 e. The molecule has 0 fully saturated rings. The van der Waals surface area contributed by atoms with Crippen LogP contribution in [0.15, 0.2) is 30.3 Å². The number of amides is 1. The fraction of sp³-hybridized carbons (Fsp3) is 0.250. The SMILES string of the molecule is NC(=O)Cc1nnc(COCc2ccccc2)s1. The molecule has 6 heteroatoms. The van der Waals surface area contributed by atoms with Crippen LogP contribution in [0.2, 0.25) is 0 Å². The highest BCUT2D eigenvalue weighted by Crippen LogP contribution is 2.12.